The number of nitro groups is 2. The van der Waals surface area contributed by atoms with Crippen LogP contribution in [0.15, 0.2) is 6.07 Å². The van der Waals surface area contributed by atoms with Crippen LogP contribution in [-0.4, -0.2) is 52.6 Å². The van der Waals surface area contributed by atoms with Gasteiger partial charge in [0.2, 0.25) is 0 Å². The fourth-order valence-corrected chi connectivity index (χ4v) is 4.30. The minimum Gasteiger partial charge on any atom is -0.392 e. The smallest absolute Gasteiger partial charge is 0.302 e. The summed E-state index contributed by atoms with van der Waals surface area (Å²) in [6.45, 7) is 5.53. The molecule has 2 aliphatic heterocycles. The van der Waals surface area contributed by atoms with Gasteiger partial charge in [0.25, 0.3) is 5.69 Å². The second-order valence-corrected chi connectivity index (χ2v) is 7.49. The van der Waals surface area contributed by atoms with E-state index in [0.29, 0.717) is 24.6 Å². The molecule has 1 N–H and O–H groups in total. The van der Waals surface area contributed by atoms with Crippen molar-refractivity contribution in [2.45, 2.75) is 39.2 Å². The normalized spacial score (nSPS) is 18.8. The summed E-state index contributed by atoms with van der Waals surface area (Å²) in [6.07, 6.45) is 4.22. The maximum absolute atomic E-state index is 11.7. The molecule has 0 radical (unpaired) electrons. The van der Waals surface area contributed by atoms with Gasteiger partial charge in [0.15, 0.2) is 5.69 Å². The van der Waals surface area contributed by atoms with Gasteiger partial charge in [-0.15, -0.1) is 0 Å². The highest BCUT2D eigenvalue weighted by molar-refractivity contribution is 5.79. The molecular formula is C18H26N4O5. The van der Waals surface area contributed by atoms with Gasteiger partial charge in [0.05, 0.1) is 16.5 Å². The molecule has 148 valence electrons. The van der Waals surface area contributed by atoms with Crippen LogP contribution in [-0.2, 0) is 6.61 Å². The van der Waals surface area contributed by atoms with Crippen molar-refractivity contribution in [1.29, 1.82) is 0 Å². The molecular weight excluding hydrogens is 352 g/mol. The molecule has 2 fully saturated rings. The van der Waals surface area contributed by atoms with E-state index in [-0.39, 0.29) is 22.6 Å². The summed E-state index contributed by atoms with van der Waals surface area (Å²) in [5.41, 5.74) is 0.0447. The Hall–Kier alpha value is -2.26. The lowest BCUT2D eigenvalue weighted by Gasteiger charge is -2.34. The molecule has 0 amide bonds. The summed E-state index contributed by atoms with van der Waals surface area (Å²) in [6, 6.07) is 1.27. The van der Waals surface area contributed by atoms with Crippen LogP contribution in [0, 0.1) is 33.1 Å². The highest BCUT2D eigenvalue weighted by Crippen LogP contribution is 2.43. The Morgan fingerprint density at radius 1 is 1.11 bits per heavy atom. The van der Waals surface area contributed by atoms with E-state index in [1.807, 2.05) is 0 Å². The summed E-state index contributed by atoms with van der Waals surface area (Å²) in [5, 5.41) is 32.7. The van der Waals surface area contributed by atoms with Crippen molar-refractivity contribution in [3.8, 4) is 0 Å². The van der Waals surface area contributed by atoms with Crippen LogP contribution in [0.25, 0.3) is 0 Å². The zero-order chi connectivity index (χ0) is 19.6. The molecule has 0 spiro atoms. The predicted octanol–water partition coefficient (Wildman–Crippen LogP) is 2.62. The van der Waals surface area contributed by atoms with Gasteiger partial charge in [-0.1, -0.05) is 0 Å². The van der Waals surface area contributed by atoms with E-state index >= 15 is 0 Å². The van der Waals surface area contributed by atoms with Crippen LogP contribution in [0.2, 0.25) is 0 Å². The van der Waals surface area contributed by atoms with Gasteiger partial charge < -0.3 is 14.9 Å². The number of aliphatic hydroxyl groups is 1. The second-order valence-electron chi connectivity index (χ2n) is 7.49. The Labute approximate surface area is 157 Å². The van der Waals surface area contributed by atoms with E-state index in [1.54, 1.807) is 4.90 Å². The van der Waals surface area contributed by atoms with Crippen molar-refractivity contribution in [3.63, 3.8) is 0 Å². The van der Waals surface area contributed by atoms with E-state index in [2.05, 4.69) is 4.90 Å². The summed E-state index contributed by atoms with van der Waals surface area (Å²) >= 11 is 0. The number of aliphatic hydroxyl groups excluding tert-OH is 1. The first-order valence-corrected chi connectivity index (χ1v) is 9.45. The number of likely N-dealkylation sites (tertiary alicyclic amines) is 1. The minimum atomic E-state index is -0.586. The van der Waals surface area contributed by atoms with Crippen LogP contribution >= 0.6 is 0 Å². The highest BCUT2D eigenvalue weighted by atomic mass is 16.6. The van der Waals surface area contributed by atoms with Crippen molar-refractivity contribution >= 4 is 17.1 Å². The summed E-state index contributed by atoms with van der Waals surface area (Å²) in [5.74, 6) is 0.523. The number of hydrogen-bond acceptors (Lipinski definition) is 7. The number of hydrogen-bond donors (Lipinski definition) is 1. The third-order valence-corrected chi connectivity index (χ3v) is 5.81. The van der Waals surface area contributed by atoms with Crippen molar-refractivity contribution in [1.82, 2.24) is 4.90 Å². The first-order valence-electron chi connectivity index (χ1n) is 9.45. The summed E-state index contributed by atoms with van der Waals surface area (Å²) in [7, 11) is 0. The number of benzene rings is 1. The number of anilines is 1. The number of rotatable bonds is 6. The molecule has 27 heavy (non-hydrogen) atoms. The van der Waals surface area contributed by atoms with E-state index in [0.717, 1.165) is 32.5 Å². The van der Waals surface area contributed by atoms with Crippen molar-refractivity contribution in [2.24, 2.45) is 5.92 Å². The maximum Gasteiger partial charge on any atom is 0.302 e. The van der Waals surface area contributed by atoms with Crippen LogP contribution in [0.5, 0.6) is 0 Å². The van der Waals surface area contributed by atoms with Gasteiger partial charge in [0, 0.05) is 31.3 Å². The molecule has 9 nitrogen and oxygen atoms in total. The van der Waals surface area contributed by atoms with Gasteiger partial charge in [-0.3, -0.25) is 20.2 Å². The lowest BCUT2D eigenvalue weighted by Crippen LogP contribution is -2.38. The van der Waals surface area contributed by atoms with E-state index in [4.69, 9.17) is 0 Å². The lowest BCUT2D eigenvalue weighted by atomic mass is 9.94. The number of piperidine rings is 1. The van der Waals surface area contributed by atoms with Crippen molar-refractivity contribution in [3.05, 3.63) is 37.4 Å². The molecule has 0 aliphatic carbocycles. The fourth-order valence-electron chi connectivity index (χ4n) is 4.30. The molecule has 2 aliphatic rings. The summed E-state index contributed by atoms with van der Waals surface area (Å²) in [4.78, 5) is 26.4. The molecule has 3 rings (SSSR count). The van der Waals surface area contributed by atoms with Crippen LogP contribution in [0.1, 0.15) is 36.8 Å². The SMILES string of the molecule is Cc1c(CO)cc([N+](=O)[O-])c(N2CCC(CN3CCCC3)CC2)c1[N+](=O)[O-]. The average Bonchev–Trinajstić information content (AvgIpc) is 3.14. The van der Waals surface area contributed by atoms with Crippen LogP contribution < -0.4 is 4.90 Å². The van der Waals surface area contributed by atoms with Crippen molar-refractivity contribution in [2.75, 3.05) is 37.6 Å². The Morgan fingerprint density at radius 2 is 1.74 bits per heavy atom. The maximum atomic E-state index is 11.7. The monoisotopic (exact) mass is 378 g/mol. The lowest BCUT2D eigenvalue weighted by molar-refractivity contribution is -0.393. The molecule has 0 bridgehead atoms. The minimum absolute atomic E-state index is 0.0827. The zero-order valence-corrected chi connectivity index (χ0v) is 15.6. The second kappa shape index (κ2) is 8.18. The number of nitro benzene ring substituents is 2. The molecule has 0 unspecified atom stereocenters. The van der Waals surface area contributed by atoms with Gasteiger partial charge in [-0.2, -0.15) is 0 Å². The van der Waals surface area contributed by atoms with Gasteiger partial charge in [-0.05, 0) is 57.2 Å². The average molecular weight is 378 g/mol. The molecule has 1 aromatic rings. The van der Waals surface area contributed by atoms with Gasteiger partial charge >= 0.3 is 5.69 Å². The Kier molecular flexibility index (Phi) is 5.91. The third-order valence-electron chi connectivity index (χ3n) is 5.81. The summed E-state index contributed by atoms with van der Waals surface area (Å²) < 4.78 is 0. The molecule has 0 aromatic heterocycles. The molecule has 0 atom stereocenters. The van der Waals surface area contributed by atoms with E-state index in [1.165, 1.54) is 25.8 Å². The Balaban J connectivity index is 1.86. The first-order chi connectivity index (χ1) is 12.9. The Bertz CT molecular complexity index is 725. The highest BCUT2D eigenvalue weighted by Gasteiger charge is 2.35. The fraction of sp³-hybridized carbons (Fsp3) is 0.667. The quantitative estimate of drug-likeness (QED) is 0.598. The van der Waals surface area contributed by atoms with E-state index in [9.17, 15) is 25.3 Å². The topological polar surface area (TPSA) is 113 Å². The molecule has 1 aromatic carbocycles. The van der Waals surface area contributed by atoms with Gasteiger partial charge in [-0.25, -0.2) is 0 Å². The van der Waals surface area contributed by atoms with E-state index < -0.39 is 16.5 Å². The largest absolute Gasteiger partial charge is 0.392 e. The van der Waals surface area contributed by atoms with Crippen molar-refractivity contribution < 1.29 is 15.0 Å². The predicted molar refractivity (Wildman–Crippen MR) is 101 cm³/mol. The standard InChI is InChI=1S/C18H26N4O5/c1-13-15(12-23)10-16(21(24)25)18(17(13)22(26)27)20-8-4-14(5-9-20)11-19-6-2-3-7-19/h10,14,23H,2-9,11-12H2,1H3. The first kappa shape index (κ1) is 19.5. The molecule has 2 saturated heterocycles. The van der Waals surface area contributed by atoms with Gasteiger partial charge in [0.1, 0.15) is 0 Å². The zero-order valence-electron chi connectivity index (χ0n) is 15.6. The molecule has 9 heteroatoms. The number of nitrogens with zero attached hydrogens (tertiary/aromatic N) is 4. The Morgan fingerprint density at radius 3 is 2.26 bits per heavy atom. The third kappa shape index (κ3) is 4.03. The van der Waals surface area contributed by atoms with Crippen LogP contribution in [0.4, 0.5) is 17.1 Å². The molecule has 2 heterocycles. The van der Waals surface area contributed by atoms with Crippen LogP contribution in [0.3, 0.4) is 0 Å². The molecule has 0 saturated carbocycles.